The van der Waals surface area contributed by atoms with E-state index in [2.05, 4.69) is 17.0 Å². The molecule has 34 heavy (non-hydrogen) atoms. The van der Waals surface area contributed by atoms with Crippen LogP contribution in [0.25, 0.3) is 0 Å². The molecule has 1 amide bonds. The van der Waals surface area contributed by atoms with Gasteiger partial charge in [-0.15, -0.1) is 0 Å². The molecule has 0 aliphatic carbocycles. The van der Waals surface area contributed by atoms with Gasteiger partial charge in [-0.25, -0.2) is 4.79 Å². The summed E-state index contributed by atoms with van der Waals surface area (Å²) in [5, 5.41) is 10.7. The van der Waals surface area contributed by atoms with Gasteiger partial charge in [-0.05, 0) is 44.4 Å². The molecular formula is C27H32N2O5. The third kappa shape index (κ3) is 4.74. The van der Waals surface area contributed by atoms with Gasteiger partial charge < -0.3 is 24.4 Å². The number of methoxy groups -OCH3 is 1. The summed E-state index contributed by atoms with van der Waals surface area (Å²) in [6.45, 7) is 7.14. The first-order valence-corrected chi connectivity index (χ1v) is 11.7. The second kappa shape index (κ2) is 10.2. The fourth-order valence-corrected chi connectivity index (χ4v) is 4.72. The summed E-state index contributed by atoms with van der Waals surface area (Å²) in [6, 6.07) is 10.3. The first kappa shape index (κ1) is 23.7. The molecule has 0 aromatic heterocycles. The number of ether oxygens (including phenoxy) is 2. The molecule has 4 rings (SSSR count). The van der Waals surface area contributed by atoms with Crippen molar-refractivity contribution < 1.29 is 24.2 Å². The van der Waals surface area contributed by atoms with Crippen molar-refractivity contribution in [3.05, 3.63) is 64.2 Å². The third-order valence-corrected chi connectivity index (χ3v) is 6.79. The Labute approximate surface area is 200 Å². The van der Waals surface area contributed by atoms with Crippen LogP contribution in [0.3, 0.4) is 0 Å². The summed E-state index contributed by atoms with van der Waals surface area (Å²) in [7, 11) is 1.56. The van der Waals surface area contributed by atoms with Crippen molar-refractivity contribution in [3.8, 4) is 11.5 Å². The number of hydrogen-bond acceptors (Lipinski definition) is 6. The average Bonchev–Trinajstić information content (AvgIpc) is 3.26. The molecule has 2 heterocycles. The molecule has 2 aromatic rings. The number of carbonyl (C=O) groups excluding carboxylic acids is 2. The normalized spacial score (nSPS) is 15.9. The van der Waals surface area contributed by atoms with Crippen LogP contribution < -0.4 is 9.64 Å². The Bertz CT molecular complexity index is 1100. The number of rotatable bonds is 7. The number of phenolic OH excluding ortho intramolecular Hbond substituents is 1. The van der Waals surface area contributed by atoms with Crippen LogP contribution in [-0.4, -0.2) is 55.2 Å². The minimum Gasteiger partial charge on any atom is -0.507 e. The molecule has 0 atom stereocenters. The summed E-state index contributed by atoms with van der Waals surface area (Å²) in [5.41, 5.74) is 4.55. The van der Waals surface area contributed by atoms with Gasteiger partial charge in [0.15, 0.2) is 0 Å². The summed E-state index contributed by atoms with van der Waals surface area (Å²) in [5.74, 6) is 0.164. The van der Waals surface area contributed by atoms with Gasteiger partial charge in [-0.1, -0.05) is 29.8 Å². The zero-order valence-electron chi connectivity index (χ0n) is 20.1. The molecule has 0 unspecified atom stereocenters. The zero-order valence-corrected chi connectivity index (χ0v) is 20.1. The molecular weight excluding hydrogens is 432 g/mol. The number of nitrogens with zero attached hydrogens (tertiary/aromatic N) is 2. The Morgan fingerprint density at radius 2 is 1.85 bits per heavy atom. The van der Waals surface area contributed by atoms with Gasteiger partial charge in [-0.2, -0.15) is 0 Å². The summed E-state index contributed by atoms with van der Waals surface area (Å²) in [6.07, 6.45) is 3.50. The van der Waals surface area contributed by atoms with E-state index < -0.39 is 5.97 Å². The fourth-order valence-electron chi connectivity index (χ4n) is 4.72. The van der Waals surface area contributed by atoms with Gasteiger partial charge in [0.25, 0.3) is 0 Å². The maximum atomic E-state index is 12.8. The Morgan fingerprint density at radius 1 is 1.15 bits per heavy atom. The van der Waals surface area contributed by atoms with E-state index in [0.29, 0.717) is 36.1 Å². The standard InChI is InChI=1S/C27H32N2O5/c1-18(9-11-21-25(31)24-22(17-34-27(24)32)19(2)26(21)33-3)10-12-23(30)29-15-13-28(14-16-29)20-7-5-4-6-8-20/h4-9,31H,10-17H2,1-3H3. The quantitative estimate of drug-likeness (QED) is 0.493. The van der Waals surface area contributed by atoms with Crippen molar-refractivity contribution in [1.29, 1.82) is 0 Å². The highest BCUT2D eigenvalue weighted by atomic mass is 16.5. The number of carbonyl (C=O) groups is 2. The third-order valence-electron chi connectivity index (χ3n) is 6.79. The number of fused-ring (bicyclic) bond motifs is 1. The number of aromatic hydroxyl groups is 1. The van der Waals surface area contributed by atoms with Crippen LogP contribution >= 0.6 is 0 Å². The molecule has 2 aliphatic heterocycles. The molecule has 1 saturated heterocycles. The number of benzene rings is 2. The van der Waals surface area contributed by atoms with E-state index in [1.807, 2.05) is 43.0 Å². The van der Waals surface area contributed by atoms with Crippen molar-refractivity contribution in [2.45, 2.75) is 39.7 Å². The Kier molecular flexibility index (Phi) is 7.10. The van der Waals surface area contributed by atoms with Crippen LogP contribution in [0.5, 0.6) is 11.5 Å². The molecule has 7 heteroatoms. The molecule has 2 aliphatic rings. The number of para-hydroxylation sites is 1. The topological polar surface area (TPSA) is 79.3 Å². The van der Waals surface area contributed by atoms with Gasteiger partial charge in [0.2, 0.25) is 5.91 Å². The highest BCUT2D eigenvalue weighted by molar-refractivity contribution is 5.98. The molecule has 180 valence electrons. The van der Waals surface area contributed by atoms with Crippen molar-refractivity contribution in [2.24, 2.45) is 0 Å². The van der Waals surface area contributed by atoms with E-state index >= 15 is 0 Å². The maximum absolute atomic E-state index is 12.8. The molecule has 0 saturated carbocycles. The molecule has 0 spiro atoms. The van der Waals surface area contributed by atoms with Gasteiger partial charge in [0.1, 0.15) is 23.7 Å². The number of phenols is 1. The Hall–Kier alpha value is -3.48. The molecule has 0 bridgehead atoms. The first-order valence-electron chi connectivity index (χ1n) is 11.7. The number of anilines is 1. The lowest BCUT2D eigenvalue weighted by Gasteiger charge is -2.36. The summed E-state index contributed by atoms with van der Waals surface area (Å²) in [4.78, 5) is 29.1. The van der Waals surface area contributed by atoms with Crippen molar-refractivity contribution >= 4 is 17.6 Å². The number of allylic oxidation sites excluding steroid dienone is 2. The van der Waals surface area contributed by atoms with Gasteiger partial charge >= 0.3 is 5.97 Å². The SMILES string of the molecule is COc1c(C)c2c(c(O)c1CC=C(C)CCC(=O)N1CCN(c3ccccc3)CC1)C(=O)OC2. The van der Waals surface area contributed by atoms with Crippen LogP contribution in [-0.2, 0) is 22.6 Å². The highest BCUT2D eigenvalue weighted by Crippen LogP contribution is 2.42. The predicted octanol–water partition coefficient (Wildman–Crippen LogP) is 4.00. The number of hydrogen-bond donors (Lipinski definition) is 1. The van der Waals surface area contributed by atoms with Crippen LogP contribution in [0.1, 0.15) is 46.8 Å². The molecule has 1 N–H and O–H groups in total. The lowest BCUT2D eigenvalue weighted by atomic mass is 9.94. The van der Waals surface area contributed by atoms with E-state index in [1.54, 1.807) is 7.11 Å². The van der Waals surface area contributed by atoms with E-state index in [9.17, 15) is 14.7 Å². The smallest absolute Gasteiger partial charge is 0.342 e. The number of piperazine rings is 1. The minimum absolute atomic E-state index is 0.0728. The molecule has 0 radical (unpaired) electrons. The van der Waals surface area contributed by atoms with Crippen molar-refractivity contribution in [2.75, 3.05) is 38.2 Å². The van der Waals surface area contributed by atoms with E-state index in [1.165, 1.54) is 5.69 Å². The van der Waals surface area contributed by atoms with E-state index in [4.69, 9.17) is 9.47 Å². The van der Waals surface area contributed by atoms with Crippen molar-refractivity contribution in [3.63, 3.8) is 0 Å². The first-order chi connectivity index (χ1) is 16.4. The Balaban J connectivity index is 1.34. The highest BCUT2D eigenvalue weighted by Gasteiger charge is 2.31. The van der Waals surface area contributed by atoms with E-state index in [0.717, 1.165) is 37.3 Å². The predicted molar refractivity (Wildman–Crippen MR) is 130 cm³/mol. The second-order valence-corrected chi connectivity index (χ2v) is 8.87. The second-order valence-electron chi connectivity index (χ2n) is 8.87. The monoisotopic (exact) mass is 464 g/mol. The Morgan fingerprint density at radius 3 is 2.53 bits per heavy atom. The van der Waals surface area contributed by atoms with Gasteiger partial charge in [-0.3, -0.25) is 4.79 Å². The van der Waals surface area contributed by atoms with Crippen LogP contribution in [0, 0.1) is 6.92 Å². The van der Waals surface area contributed by atoms with Gasteiger partial charge in [0.05, 0.1) is 7.11 Å². The van der Waals surface area contributed by atoms with E-state index in [-0.39, 0.29) is 23.8 Å². The minimum atomic E-state index is -0.502. The number of amides is 1. The maximum Gasteiger partial charge on any atom is 0.342 e. The lowest BCUT2D eigenvalue weighted by molar-refractivity contribution is -0.131. The summed E-state index contributed by atoms with van der Waals surface area (Å²) < 4.78 is 10.7. The molecule has 7 nitrogen and oxygen atoms in total. The molecule has 2 aromatic carbocycles. The molecule has 1 fully saturated rings. The van der Waals surface area contributed by atoms with Crippen LogP contribution in [0.4, 0.5) is 5.69 Å². The number of esters is 1. The van der Waals surface area contributed by atoms with Crippen LogP contribution in [0.15, 0.2) is 42.0 Å². The summed E-state index contributed by atoms with van der Waals surface area (Å²) >= 11 is 0. The largest absolute Gasteiger partial charge is 0.507 e. The number of cyclic esters (lactones) is 1. The van der Waals surface area contributed by atoms with Crippen molar-refractivity contribution in [1.82, 2.24) is 4.90 Å². The fraction of sp³-hybridized carbons (Fsp3) is 0.407. The van der Waals surface area contributed by atoms with Crippen LogP contribution in [0.2, 0.25) is 0 Å². The van der Waals surface area contributed by atoms with Gasteiger partial charge in [0, 0.05) is 49.4 Å². The average molecular weight is 465 g/mol. The lowest BCUT2D eigenvalue weighted by Crippen LogP contribution is -2.48. The zero-order chi connectivity index (χ0) is 24.2.